The SMILES string of the molecule is CC(C)(C)OC(C(=O)O)c1c(-c2ccc3c4c(ccnc24)CCO3)c2ccccc2c2[nH]ncc12. The largest absolute Gasteiger partial charge is 0.493 e. The number of rotatable bonds is 4. The van der Waals surface area contributed by atoms with Crippen LogP contribution in [0.1, 0.15) is 38.0 Å². The molecule has 1 aliphatic rings. The number of carboxylic acid groups (broad SMARTS) is 1. The molecule has 0 saturated carbocycles. The number of carboxylic acids is 1. The molecule has 5 aromatic rings. The second-order valence-corrected chi connectivity index (χ2v) is 9.84. The molecule has 3 heterocycles. The van der Waals surface area contributed by atoms with Crippen molar-refractivity contribution < 1.29 is 19.4 Å². The number of H-pyrrole nitrogens is 1. The van der Waals surface area contributed by atoms with E-state index in [-0.39, 0.29) is 0 Å². The summed E-state index contributed by atoms with van der Waals surface area (Å²) in [4.78, 5) is 17.5. The number of hydrogen-bond acceptors (Lipinski definition) is 5. The van der Waals surface area contributed by atoms with Crippen molar-refractivity contribution in [1.82, 2.24) is 15.2 Å². The van der Waals surface area contributed by atoms with Gasteiger partial charge in [0, 0.05) is 39.9 Å². The molecule has 0 saturated heterocycles. The summed E-state index contributed by atoms with van der Waals surface area (Å²) in [7, 11) is 0. The number of hydrogen-bond donors (Lipinski definition) is 2. The molecule has 7 heteroatoms. The number of aromatic nitrogens is 3. The van der Waals surface area contributed by atoms with Crippen LogP contribution in [-0.4, -0.2) is 38.5 Å². The van der Waals surface area contributed by atoms with Crippen molar-refractivity contribution >= 4 is 38.5 Å². The Morgan fingerprint density at radius 2 is 1.91 bits per heavy atom. The van der Waals surface area contributed by atoms with Gasteiger partial charge in [0.25, 0.3) is 0 Å². The van der Waals surface area contributed by atoms with E-state index in [1.54, 1.807) is 6.20 Å². The molecule has 3 aromatic carbocycles. The monoisotopic (exact) mass is 467 g/mol. The molecule has 6 rings (SSSR count). The van der Waals surface area contributed by atoms with E-state index in [0.29, 0.717) is 17.6 Å². The van der Waals surface area contributed by atoms with Crippen molar-refractivity contribution in [3.63, 3.8) is 0 Å². The Bertz CT molecular complexity index is 1620. The Morgan fingerprint density at radius 1 is 1.11 bits per heavy atom. The van der Waals surface area contributed by atoms with Gasteiger partial charge in [-0.15, -0.1) is 0 Å². The highest BCUT2D eigenvalue weighted by atomic mass is 16.5. The third-order valence-corrected chi connectivity index (χ3v) is 6.46. The highest BCUT2D eigenvalue weighted by Gasteiger charge is 2.33. The van der Waals surface area contributed by atoms with Crippen LogP contribution in [0.5, 0.6) is 5.75 Å². The van der Waals surface area contributed by atoms with Crippen LogP contribution in [0.2, 0.25) is 0 Å². The third-order valence-electron chi connectivity index (χ3n) is 6.46. The van der Waals surface area contributed by atoms with E-state index in [9.17, 15) is 9.90 Å². The summed E-state index contributed by atoms with van der Waals surface area (Å²) in [6.07, 6.45) is 3.09. The van der Waals surface area contributed by atoms with E-state index >= 15 is 0 Å². The van der Waals surface area contributed by atoms with Gasteiger partial charge in [0.15, 0.2) is 6.10 Å². The third kappa shape index (κ3) is 3.42. The molecule has 0 bridgehead atoms. The minimum absolute atomic E-state index is 0.564. The maximum Gasteiger partial charge on any atom is 0.337 e. The number of carbonyl (C=O) groups is 1. The van der Waals surface area contributed by atoms with Gasteiger partial charge in [0.2, 0.25) is 0 Å². The highest BCUT2D eigenvalue weighted by Crippen LogP contribution is 2.46. The fourth-order valence-corrected chi connectivity index (χ4v) is 5.15. The van der Waals surface area contributed by atoms with E-state index in [0.717, 1.165) is 50.5 Å². The van der Waals surface area contributed by atoms with E-state index in [1.807, 2.05) is 69.4 Å². The normalized spacial score (nSPS) is 14.4. The summed E-state index contributed by atoms with van der Waals surface area (Å²) < 4.78 is 12.1. The Hall–Kier alpha value is -3.97. The van der Waals surface area contributed by atoms with Crippen molar-refractivity contribution in [2.24, 2.45) is 0 Å². The van der Waals surface area contributed by atoms with Gasteiger partial charge in [0.1, 0.15) is 5.75 Å². The van der Waals surface area contributed by atoms with Crippen LogP contribution in [0.15, 0.2) is 54.9 Å². The lowest BCUT2D eigenvalue weighted by atomic mass is 9.86. The van der Waals surface area contributed by atoms with Crippen LogP contribution in [0.3, 0.4) is 0 Å². The fraction of sp³-hybridized carbons (Fsp3) is 0.250. The molecule has 35 heavy (non-hydrogen) atoms. The maximum atomic E-state index is 12.7. The van der Waals surface area contributed by atoms with Gasteiger partial charge in [-0.25, -0.2) is 4.79 Å². The minimum Gasteiger partial charge on any atom is -0.493 e. The zero-order chi connectivity index (χ0) is 24.3. The molecule has 176 valence electrons. The molecule has 1 aliphatic heterocycles. The minimum atomic E-state index is -1.21. The van der Waals surface area contributed by atoms with Gasteiger partial charge in [-0.1, -0.05) is 24.3 Å². The summed E-state index contributed by atoms with van der Waals surface area (Å²) in [5.41, 5.74) is 4.25. The lowest BCUT2D eigenvalue weighted by Gasteiger charge is -2.28. The van der Waals surface area contributed by atoms with Crippen molar-refractivity contribution in [3.05, 3.63) is 66.0 Å². The number of pyridine rings is 1. The first-order valence-electron chi connectivity index (χ1n) is 11.7. The van der Waals surface area contributed by atoms with Crippen molar-refractivity contribution in [2.45, 2.75) is 38.9 Å². The number of benzene rings is 3. The van der Waals surface area contributed by atoms with Gasteiger partial charge in [0.05, 0.1) is 29.4 Å². The van der Waals surface area contributed by atoms with Crippen molar-refractivity contribution in [3.8, 4) is 16.9 Å². The number of nitrogens with one attached hydrogen (secondary N) is 1. The summed E-state index contributed by atoms with van der Waals surface area (Å²) in [5.74, 6) is -0.257. The van der Waals surface area contributed by atoms with E-state index in [1.165, 1.54) is 5.56 Å². The molecule has 0 fully saturated rings. The van der Waals surface area contributed by atoms with Gasteiger partial charge in [-0.05, 0) is 55.5 Å². The molecule has 0 radical (unpaired) electrons. The zero-order valence-corrected chi connectivity index (χ0v) is 19.8. The standard InChI is InChI=1S/C28H25N3O4/c1-28(2,3)35-26(27(32)33)23-19-14-30-31-24(19)17-7-5-4-6-16(17)22(23)18-8-9-20-21-15(11-13-34-20)10-12-29-25(18)21/h4-10,12,14,26H,11,13H2,1-3H3,(H,30,31)(H,32,33). The van der Waals surface area contributed by atoms with Crippen LogP contribution in [0, 0.1) is 0 Å². The first kappa shape index (κ1) is 21.6. The molecule has 2 aromatic heterocycles. The highest BCUT2D eigenvalue weighted by molar-refractivity contribution is 6.18. The first-order chi connectivity index (χ1) is 16.8. The lowest BCUT2D eigenvalue weighted by molar-refractivity contribution is -0.160. The van der Waals surface area contributed by atoms with Crippen molar-refractivity contribution in [2.75, 3.05) is 6.61 Å². The van der Waals surface area contributed by atoms with Crippen LogP contribution in [0.4, 0.5) is 0 Å². The average Bonchev–Trinajstić information content (AvgIpc) is 3.32. The molecule has 7 nitrogen and oxygen atoms in total. The Kier molecular flexibility index (Phi) is 4.79. The molecule has 1 atom stereocenters. The molecule has 1 unspecified atom stereocenters. The zero-order valence-electron chi connectivity index (χ0n) is 19.8. The fourth-order valence-electron chi connectivity index (χ4n) is 5.15. The summed E-state index contributed by atoms with van der Waals surface area (Å²) >= 11 is 0. The number of ether oxygens (including phenoxy) is 2. The first-order valence-corrected chi connectivity index (χ1v) is 11.7. The number of nitrogens with zero attached hydrogens (tertiary/aromatic N) is 2. The molecular formula is C28H25N3O4. The van der Waals surface area contributed by atoms with Crippen LogP contribution < -0.4 is 4.74 Å². The van der Waals surface area contributed by atoms with Gasteiger partial charge < -0.3 is 14.6 Å². The Balaban J connectivity index is 1.79. The Labute approximate surface area is 201 Å². The second kappa shape index (κ2) is 7.78. The van der Waals surface area contributed by atoms with Crippen molar-refractivity contribution in [1.29, 1.82) is 0 Å². The molecule has 2 N–H and O–H groups in total. The number of aliphatic carboxylic acids is 1. The number of fused-ring (bicyclic) bond motifs is 3. The van der Waals surface area contributed by atoms with Gasteiger partial charge >= 0.3 is 5.97 Å². The lowest BCUT2D eigenvalue weighted by Crippen LogP contribution is -2.28. The summed E-state index contributed by atoms with van der Waals surface area (Å²) in [5, 5.41) is 21.3. The Morgan fingerprint density at radius 3 is 2.69 bits per heavy atom. The van der Waals surface area contributed by atoms with Crippen LogP contribution in [0.25, 0.3) is 43.7 Å². The predicted molar refractivity (Wildman–Crippen MR) is 135 cm³/mol. The molecule has 0 spiro atoms. The average molecular weight is 468 g/mol. The van der Waals surface area contributed by atoms with E-state index in [4.69, 9.17) is 14.5 Å². The molecule has 0 amide bonds. The molecule has 0 aliphatic carbocycles. The maximum absolute atomic E-state index is 12.7. The second-order valence-electron chi connectivity index (χ2n) is 9.84. The topological polar surface area (TPSA) is 97.3 Å². The predicted octanol–water partition coefficient (Wildman–Crippen LogP) is 5.81. The summed E-state index contributed by atoms with van der Waals surface area (Å²) in [6.45, 7) is 6.20. The smallest absolute Gasteiger partial charge is 0.337 e. The van der Waals surface area contributed by atoms with Gasteiger partial charge in [-0.2, -0.15) is 5.10 Å². The summed E-state index contributed by atoms with van der Waals surface area (Å²) in [6, 6.07) is 13.9. The van der Waals surface area contributed by atoms with Gasteiger partial charge in [-0.3, -0.25) is 10.1 Å². The van der Waals surface area contributed by atoms with Crippen LogP contribution in [-0.2, 0) is 16.0 Å². The quantitative estimate of drug-likeness (QED) is 0.346. The number of aromatic amines is 1. The molecular weight excluding hydrogens is 442 g/mol. The van der Waals surface area contributed by atoms with E-state index in [2.05, 4.69) is 10.2 Å². The van der Waals surface area contributed by atoms with E-state index < -0.39 is 17.7 Å². The van der Waals surface area contributed by atoms with Crippen LogP contribution >= 0.6 is 0 Å².